The summed E-state index contributed by atoms with van der Waals surface area (Å²) in [6.45, 7) is 0. The van der Waals surface area contributed by atoms with E-state index in [1.54, 1.807) is 0 Å². The highest BCUT2D eigenvalue weighted by Gasteiger charge is 2.21. The molecule has 0 saturated carbocycles. The lowest BCUT2D eigenvalue weighted by Crippen LogP contribution is -2.04. The summed E-state index contributed by atoms with van der Waals surface area (Å²) in [5.41, 5.74) is 13.1. The molecule has 6 heteroatoms. The molecule has 0 N–H and O–H groups in total. The van der Waals surface area contributed by atoms with Crippen molar-refractivity contribution in [2.45, 2.75) is 0 Å². The van der Waals surface area contributed by atoms with Gasteiger partial charge < -0.3 is 13.6 Å². The fourth-order valence-corrected chi connectivity index (χ4v) is 9.59. The number of aromatic nitrogens is 5. The van der Waals surface area contributed by atoms with Gasteiger partial charge in [0.05, 0.1) is 22.1 Å². The molecule has 65 heavy (non-hydrogen) atoms. The van der Waals surface area contributed by atoms with Gasteiger partial charge in [-0.15, -0.1) is 0 Å². The minimum Gasteiger partial charge on any atom is -0.456 e. The van der Waals surface area contributed by atoms with Gasteiger partial charge in [0.2, 0.25) is 0 Å². The summed E-state index contributed by atoms with van der Waals surface area (Å²) in [6.07, 6.45) is 0. The third-order valence-corrected chi connectivity index (χ3v) is 12.6. The topological polar surface area (TPSA) is 61.7 Å². The molecule has 0 bridgehead atoms. The molecular weight excluding hydrogens is 795 g/mol. The SMILES string of the molecule is c1ccc(-c2ccccc2-c2nc(-c3ccc(-c4cc5ccccc5o4)cc3)nc(-c3cc(-n4c5ccccc5c5ccccc54)cc(-n4c5ccccc5c5ccccc54)c3)n2)cc1. The zero-order chi connectivity index (χ0) is 42.8. The van der Waals surface area contributed by atoms with Gasteiger partial charge in [0.15, 0.2) is 17.5 Å². The molecule has 304 valence electrons. The van der Waals surface area contributed by atoms with Crippen LogP contribution >= 0.6 is 0 Å². The van der Waals surface area contributed by atoms with Crippen molar-refractivity contribution in [2.75, 3.05) is 0 Å². The molecule has 0 aliphatic rings. The average Bonchev–Trinajstić information content (AvgIpc) is 4.07. The number of para-hydroxylation sites is 5. The van der Waals surface area contributed by atoms with Crippen molar-refractivity contribution in [2.24, 2.45) is 0 Å². The molecule has 0 saturated heterocycles. The van der Waals surface area contributed by atoms with Crippen LogP contribution in [0.2, 0.25) is 0 Å². The molecule has 9 aromatic carbocycles. The number of rotatable bonds is 7. The second-order valence-corrected chi connectivity index (χ2v) is 16.4. The van der Waals surface area contributed by atoms with Gasteiger partial charge in [-0.3, -0.25) is 0 Å². The summed E-state index contributed by atoms with van der Waals surface area (Å²) in [6, 6.07) is 78.6. The Hall–Kier alpha value is -8.87. The zero-order valence-corrected chi connectivity index (χ0v) is 35.0. The Labute approximate surface area is 374 Å². The molecule has 0 radical (unpaired) electrons. The number of nitrogens with zero attached hydrogens (tertiary/aromatic N) is 5. The lowest BCUT2D eigenvalue weighted by atomic mass is 9.99. The predicted molar refractivity (Wildman–Crippen MR) is 265 cm³/mol. The minimum atomic E-state index is 0.568. The van der Waals surface area contributed by atoms with E-state index in [2.05, 4.69) is 209 Å². The fourth-order valence-electron chi connectivity index (χ4n) is 9.59. The zero-order valence-electron chi connectivity index (χ0n) is 35.0. The van der Waals surface area contributed by atoms with E-state index < -0.39 is 0 Å². The Kier molecular flexibility index (Phi) is 8.42. The first kappa shape index (κ1) is 36.8. The molecule has 13 aromatic rings. The van der Waals surface area contributed by atoms with Crippen LogP contribution in [-0.2, 0) is 0 Å². The van der Waals surface area contributed by atoms with Crippen molar-refractivity contribution in [3.05, 3.63) is 224 Å². The number of furan rings is 1. The Bertz CT molecular complexity index is 3680. The molecular formula is C59H37N5O. The first-order valence-electron chi connectivity index (χ1n) is 21.8. The lowest BCUT2D eigenvalue weighted by molar-refractivity contribution is 0.631. The van der Waals surface area contributed by atoms with Crippen LogP contribution < -0.4 is 0 Å². The Balaban J connectivity index is 1.07. The van der Waals surface area contributed by atoms with Gasteiger partial charge in [-0.1, -0.05) is 170 Å². The second kappa shape index (κ2) is 14.9. The van der Waals surface area contributed by atoms with Gasteiger partial charge >= 0.3 is 0 Å². The van der Waals surface area contributed by atoms with Crippen molar-refractivity contribution < 1.29 is 4.42 Å². The van der Waals surface area contributed by atoms with E-state index in [1.807, 2.05) is 24.3 Å². The van der Waals surface area contributed by atoms with Crippen molar-refractivity contribution in [1.82, 2.24) is 24.1 Å². The molecule has 0 aliphatic heterocycles. The van der Waals surface area contributed by atoms with Crippen LogP contribution in [-0.4, -0.2) is 24.1 Å². The summed E-state index contributed by atoms with van der Waals surface area (Å²) in [5.74, 6) is 2.54. The van der Waals surface area contributed by atoms with E-state index in [9.17, 15) is 0 Å². The van der Waals surface area contributed by atoms with Gasteiger partial charge in [0.25, 0.3) is 0 Å². The van der Waals surface area contributed by atoms with Crippen LogP contribution in [0.1, 0.15) is 0 Å². The van der Waals surface area contributed by atoms with Gasteiger partial charge in [0, 0.05) is 60.6 Å². The normalized spacial score (nSPS) is 11.7. The van der Waals surface area contributed by atoms with Crippen molar-refractivity contribution in [3.8, 4) is 68.0 Å². The number of hydrogen-bond acceptors (Lipinski definition) is 4. The standard InChI is InChI=1S/C59H37N5O/c1-2-16-38(17-3-1)45-19-5-6-24-50(45)59-61-57(40-32-30-39(31-33-40)56-36-41-18-4-15-29-55(41)65-56)60-58(62-59)42-34-43(63-51-25-11-7-20-46(51)47-21-8-12-26-52(47)63)37-44(35-42)64-53-27-13-9-22-48(53)49-23-10-14-28-54(49)64/h1-37H. The maximum absolute atomic E-state index is 6.25. The number of hydrogen-bond donors (Lipinski definition) is 0. The highest BCUT2D eigenvalue weighted by atomic mass is 16.3. The molecule has 4 aromatic heterocycles. The maximum Gasteiger partial charge on any atom is 0.164 e. The third-order valence-electron chi connectivity index (χ3n) is 12.6. The van der Waals surface area contributed by atoms with Crippen LogP contribution in [0.15, 0.2) is 229 Å². The third kappa shape index (κ3) is 6.15. The lowest BCUT2D eigenvalue weighted by Gasteiger charge is -2.16. The Morgan fingerprint density at radius 2 is 0.754 bits per heavy atom. The highest BCUT2D eigenvalue weighted by Crippen LogP contribution is 2.39. The Morgan fingerprint density at radius 3 is 1.32 bits per heavy atom. The fraction of sp³-hybridized carbons (Fsp3) is 0. The summed E-state index contributed by atoms with van der Waals surface area (Å²) >= 11 is 0. The summed E-state index contributed by atoms with van der Waals surface area (Å²) in [4.78, 5) is 16.1. The number of fused-ring (bicyclic) bond motifs is 7. The Morgan fingerprint density at radius 1 is 0.308 bits per heavy atom. The van der Waals surface area contributed by atoms with Crippen LogP contribution in [0.3, 0.4) is 0 Å². The summed E-state index contributed by atoms with van der Waals surface area (Å²) in [7, 11) is 0. The van der Waals surface area contributed by atoms with Crippen LogP contribution in [0.4, 0.5) is 0 Å². The van der Waals surface area contributed by atoms with E-state index in [1.165, 1.54) is 21.5 Å². The van der Waals surface area contributed by atoms with Gasteiger partial charge in [-0.05, 0) is 65.7 Å². The number of benzene rings is 9. The molecule has 0 fully saturated rings. The molecule has 0 spiro atoms. The monoisotopic (exact) mass is 831 g/mol. The van der Waals surface area contributed by atoms with Gasteiger partial charge in [-0.2, -0.15) is 0 Å². The van der Waals surface area contributed by atoms with Crippen LogP contribution in [0.25, 0.3) is 123 Å². The van der Waals surface area contributed by atoms with Crippen LogP contribution in [0.5, 0.6) is 0 Å². The first-order chi connectivity index (χ1) is 32.2. The van der Waals surface area contributed by atoms with E-state index in [4.69, 9.17) is 19.4 Å². The smallest absolute Gasteiger partial charge is 0.164 e. The van der Waals surface area contributed by atoms with Crippen molar-refractivity contribution >= 4 is 54.6 Å². The minimum absolute atomic E-state index is 0.568. The van der Waals surface area contributed by atoms with Crippen LogP contribution in [0, 0.1) is 0 Å². The van der Waals surface area contributed by atoms with E-state index >= 15 is 0 Å². The maximum atomic E-state index is 6.25. The molecule has 0 atom stereocenters. The van der Waals surface area contributed by atoms with E-state index in [0.29, 0.717) is 17.5 Å². The van der Waals surface area contributed by atoms with Crippen molar-refractivity contribution in [1.29, 1.82) is 0 Å². The second-order valence-electron chi connectivity index (χ2n) is 16.4. The first-order valence-corrected chi connectivity index (χ1v) is 21.8. The molecule has 13 rings (SSSR count). The molecule has 0 aliphatic carbocycles. The van der Waals surface area contributed by atoms with E-state index in [0.717, 1.165) is 83.6 Å². The average molecular weight is 832 g/mol. The summed E-state index contributed by atoms with van der Waals surface area (Å²) in [5, 5.41) is 5.85. The molecule has 0 amide bonds. The largest absolute Gasteiger partial charge is 0.456 e. The van der Waals surface area contributed by atoms with Gasteiger partial charge in [0.1, 0.15) is 11.3 Å². The molecule has 0 unspecified atom stereocenters. The van der Waals surface area contributed by atoms with Crippen molar-refractivity contribution in [3.63, 3.8) is 0 Å². The molecule has 6 nitrogen and oxygen atoms in total. The molecule has 4 heterocycles. The predicted octanol–water partition coefficient (Wildman–Crippen LogP) is 15.1. The van der Waals surface area contributed by atoms with Gasteiger partial charge in [-0.25, -0.2) is 15.0 Å². The summed E-state index contributed by atoms with van der Waals surface area (Å²) < 4.78 is 11.0. The van der Waals surface area contributed by atoms with E-state index in [-0.39, 0.29) is 0 Å². The quantitative estimate of drug-likeness (QED) is 0.160. The highest BCUT2D eigenvalue weighted by molar-refractivity contribution is 6.10.